The highest BCUT2D eigenvalue weighted by Crippen LogP contribution is 2.23. The van der Waals surface area contributed by atoms with Gasteiger partial charge in [0.2, 0.25) is 5.91 Å². The number of carbonyl (C=O) groups is 2. The summed E-state index contributed by atoms with van der Waals surface area (Å²) in [6.45, 7) is 3.08. The lowest BCUT2D eigenvalue weighted by Crippen LogP contribution is -2.29. The fraction of sp³-hybridized carbons (Fsp3) is 0.278. The van der Waals surface area contributed by atoms with E-state index in [0.29, 0.717) is 22.5 Å². The number of rotatable bonds is 6. The van der Waals surface area contributed by atoms with E-state index in [4.69, 9.17) is 4.52 Å². The van der Waals surface area contributed by atoms with Gasteiger partial charge in [0.1, 0.15) is 12.3 Å². The summed E-state index contributed by atoms with van der Waals surface area (Å²) in [4.78, 5) is 41.5. The monoisotopic (exact) mass is 402 g/mol. The van der Waals surface area contributed by atoms with Crippen molar-refractivity contribution in [3.63, 3.8) is 0 Å². The van der Waals surface area contributed by atoms with Gasteiger partial charge >= 0.3 is 5.97 Å². The van der Waals surface area contributed by atoms with Gasteiger partial charge in [0.25, 0.3) is 5.56 Å². The zero-order valence-corrected chi connectivity index (χ0v) is 16.3. The lowest BCUT2D eigenvalue weighted by molar-refractivity contribution is -0.141. The van der Waals surface area contributed by atoms with Gasteiger partial charge in [-0.1, -0.05) is 29.1 Å². The Morgan fingerprint density at radius 3 is 2.79 bits per heavy atom. The number of fused-ring (bicyclic) bond motifs is 1. The molecular weight excluding hydrogens is 384 g/mol. The second-order valence-electron chi connectivity index (χ2n) is 5.95. The zero-order valence-electron chi connectivity index (χ0n) is 15.5. The summed E-state index contributed by atoms with van der Waals surface area (Å²) in [5, 5.41) is 6.36. The minimum Gasteiger partial charge on any atom is -0.468 e. The number of nitrogens with one attached hydrogen (secondary N) is 1. The van der Waals surface area contributed by atoms with Gasteiger partial charge in [0, 0.05) is 6.07 Å². The van der Waals surface area contributed by atoms with E-state index in [2.05, 4.69) is 20.2 Å². The van der Waals surface area contributed by atoms with Crippen LogP contribution in [0, 0.1) is 6.92 Å². The maximum atomic E-state index is 12.8. The molecule has 2 heterocycles. The Kier molecular flexibility index (Phi) is 5.78. The average Bonchev–Trinajstić information content (AvgIpc) is 3.09. The van der Waals surface area contributed by atoms with Crippen LogP contribution in [0.25, 0.3) is 10.9 Å². The van der Waals surface area contributed by atoms with Gasteiger partial charge in [-0.3, -0.25) is 19.0 Å². The Morgan fingerprint density at radius 2 is 2.11 bits per heavy atom. The van der Waals surface area contributed by atoms with Crippen LogP contribution in [0.2, 0.25) is 0 Å². The molecule has 3 rings (SSSR count). The quantitative estimate of drug-likeness (QED) is 0.378. The third kappa shape index (κ3) is 4.22. The number of amides is 1. The minimum atomic E-state index is -0.617. The van der Waals surface area contributed by atoms with Gasteiger partial charge < -0.3 is 14.6 Å². The largest absolute Gasteiger partial charge is 0.468 e. The Morgan fingerprint density at radius 1 is 1.36 bits per heavy atom. The normalized spacial score (nSPS) is 12.0. The average molecular weight is 402 g/mol. The Bertz CT molecular complexity index is 1090. The number of hydrogen-bond donors (Lipinski definition) is 1. The summed E-state index contributed by atoms with van der Waals surface area (Å²) in [5.74, 6) is -0.0615. The van der Waals surface area contributed by atoms with Gasteiger partial charge in [0.05, 0.1) is 23.3 Å². The summed E-state index contributed by atoms with van der Waals surface area (Å²) in [5.41, 5.74) is 0.106. The molecule has 0 aliphatic rings. The molecule has 10 heteroatoms. The van der Waals surface area contributed by atoms with Crippen molar-refractivity contribution < 1.29 is 18.8 Å². The Labute approximate surface area is 164 Å². The van der Waals surface area contributed by atoms with E-state index < -0.39 is 11.2 Å². The van der Waals surface area contributed by atoms with Gasteiger partial charge in [-0.2, -0.15) is 0 Å². The maximum Gasteiger partial charge on any atom is 0.325 e. The molecule has 2 aromatic heterocycles. The molecule has 0 unspecified atom stereocenters. The van der Waals surface area contributed by atoms with Crippen molar-refractivity contribution >= 4 is 40.4 Å². The molecule has 0 aliphatic heterocycles. The molecule has 0 spiro atoms. The lowest BCUT2D eigenvalue weighted by atomic mass is 10.2. The standard InChI is InChI=1S/C18H18N4O5S/c1-10-8-14(21-27-10)20-16(24)11(2)28-18-19-13-7-5-4-6-12(13)17(25)22(18)9-15(23)26-3/h4-8,11H,9H2,1-3H3,(H,20,21,24)/t11-/m1/s1. The van der Waals surface area contributed by atoms with Gasteiger partial charge in [-0.05, 0) is 26.0 Å². The minimum absolute atomic E-state index is 0.244. The van der Waals surface area contributed by atoms with Crippen LogP contribution in [0.5, 0.6) is 0 Å². The number of aromatic nitrogens is 3. The summed E-state index contributed by atoms with van der Waals surface area (Å²) in [6, 6.07) is 8.41. The lowest BCUT2D eigenvalue weighted by Gasteiger charge is -2.15. The molecule has 0 bridgehead atoms. The molecule has 1 amide bonds. The Hall–Kier alpha value is -3.14. The molecule has 0 saturated carbocycles. The number of aryl methyl sites for hydroxylation is 1. The van der Waals surface area contributed by atoms with Crippen LogP contribution in [0.15, 0.2) is 44.8 Å². The van der Waals surface area contributed by atoms with E-state index >= 15 is 0 Å². The van der Waals surface area contributed by atoms with Crippen LogP contribution in [0.4, 0.5) is 5.82 Å². The Balaban J connectivity index is 1.91. The first-order valence-corrected chi connectivity index (χ1v) is 9.24. The highest BCUT2D eigenvalue weighted by Gasteiger charge is 2.21. The smallest absolute Gasteiger partial charge is 0.325 e. The molecule has 3 aromatic rings. The molecular formula is C18H18N4O5S. The fourth-order valence-electron chi connectivity index (χ4n) is 2.44. The number of benzene rings is 1. The van der Waals surface area contributed by atoms with E-state index in [1.165, 1.54) is 11.7 Å². The van der Waals surface area contributed by atoms with Crippen LogP contribution in [0.3, 0.4) is 0 Å². The summed E-state index contributed by atoms with van der Waals surface area (Å²) < 4.78 is 10.8. The van der Waals surface area contributed by atoms with Crippen molar-refractivity contribution in [2.24, 2.45) is 0 Å². The second kappa shape index (κ2) is 8.26. The molecule has 1 N–H and O–H groups in total. The van der Waals surface area contributed by atoms with Crippen molar-refractivity contribution in [2.75, 3.05) is 12.4 Å². The summed E-state index contributed by atoms with van der Waals surface area (Å²) in [6.07, 6.45) is 0. The first-order valence-electron chi connectivity index (χ1n) is 8.36. The number of ether oxygens (including phenoxy) is 1. The highest BCUT2D eigenvalue weighted by molar-refractivity contribution is 8.00. The number of nitrogens with zero attached hydrogens (tertiary/aromatic N) is 3. The van der Waals surface area contributed by atoms with E-state index in [9.17, 15) is 14.4 Å². The molecule has 0 fully saturated rings. The predicted octanol–water partition coefficient (Wildman–Crippen LogP) is 1.99. The van der Waals surface area contributed by atoms with E-state index in [0.717, 1.165) is 11.8 Å². The molecule has 1 aromatic carbocycles. The predicted molar refractivity (Wildman–Crippen MR) is 103 cm³/mol. The molecule has 146 valence electrons. The molecule has 1 atom stereocenters. The molecule has 0 saturated heterocycles. The number of hydrogen-bond acceptors (Lipinski definition) is 8. The molecule has 9 nitrogen and oxygen atoms in total. The van der Waals surface area contributed by atoms with Crippen molar-refractivity contribution in [2.45, 2.75) is 30.8 Å². The van der Waals surface area contributed by atoms with Crippen LogP contribution in [0.1, 0.15) is 12.7 Å². The molecule has 0 radical (unpaired) electrons. The number of methoxy groups -OCH3 is 1. The maximum absolute atomic E-state index is 12.8. The first-order chi connectivity index (χ1) is 13.4. The third-order valence-electron chi connectivity index (χ3n) is 3.87. The van der Waals surface area contributed by atoms with Crippen molar-refractivity contribution in [3.8, 4) is 0 Å². The SMILES string of the molecule is COC(=O)Cn1c(S[C@H](C)C(=O)Nc2cc(C)on2)nc2ccccc2c1=O. The van der Waals surface area contributed by atoms with Crippen molar-refractivity contribution in [1.82, 2.24) is 14.7 Å². The van der Waals surface area contributed by atoms with Gasteiger partial charge in [0.15, 0.2) is 11.0 Å². The number of thioether (sulfide) groups is 1. The number of esters is 1. The van der Waals surface area contributed by atoms with Gasteiger partial charge in [-0.15, -0.1) is 0 Å². The van der Waals surface area contributed by atoms with Crippen LogP contribution >= 0.6 is 11.8 Å². The molecule has 28 heavy (non-hydrogen) atoms. The second-order valence-corrected chi connectivity index (χ2v) is 7.26. The van der Waals surface area contributed by atoms with E-state index in [-0.39, 0.29) is 23.2 Å². The number of para-hydroxylation sites is 1. The van der Waals surface area contributed by atoms with E-state index in [1.807, 2.05) is 0 Å². The zero-order chi connectivity index (χ0) is 20.3. The topological polar surface area (TPSA) is 116 Å². The van der Waals surface area contributed by atoms with Crippen molar-refractivity contribution in [1.29, 1.82) is 0 Å². The van der Waals surface area contributed by atoms with E-state index in [1.54, 1.807) is 44.2 Å². The first kappa shape index (κ1) is 19.6. The third-order valence-corrected chi connectivity index (χ3v) is 4.96. The number of anilines is 1. The van der Waals surface area contributed by atoms with Crippen molar-refractivity contribution in [3.05, 3.63) is 46.4 Å². The van der Waals surface area contributed by atoms with Crippen LogP contribution < -0.4 is 10.9 Å². The molecule has 0 aliphatic carbocycles. The number of carbonyl (C=O) groups excluding carboxylic acids is 2. The van der Waals surface area contributed by atoms with Crippen LogP contribution in [-0.2, 0) is 20.9 Å². The summed E-state index contributed by atoms with van der Waals surface area (Å²) in [7, 11) is 1.24. The fourth-order valence-corrected chi connectivity index (χ4v) is 3.34. The summed E-state index contributed by atoms with van der Waals surface area (Å²) >= 11 is 1.06. The highest BCUT2D eigenvalue weighted by atomic mass is 32.2. The van der Waals surface area contributed by atoms with Gasteiger partial charge in [-0.25, -0.2) is 4.98 Å². The van der Waals surface area contributed by atoms with Crippen LogP contribution in [-0.4, -0.2) is 38.9 Å².